The fraction of sp³-hybridized carbons (Fsp3) is 0.185. The SMILES string of the molecule is CCOc1ccc(/C(O)=C2\C(=O)C(=O)N(c3ccc(Cl)c(Cl)c3)C2c2ccccc2F)c(OCC)c1. The quantitative estimate of drug-likeness (QED) is 0.213. The normalized spacial score (nSPS) is 16.9. The molecule has 0 aliphatic carbocycles. The van der Waals surface area contributed by atoms with Crippen LogP contribution in [0, 0.1) is 5.82 Å². The van der Waals surface area contributed by atoms with Crippen molar-refractivity contribution < 1.29 is 28.6 Å². The fourth-order valence-electron chi connectivity index (χ4n) is 4.10. The van der Waals surface area contributed by atoms with Crippen LogP contribution in [0.5, 0.6) is 11.5 Å². The van der Waals surface area contributed by atoms with Crippen LogP contribution < -0.4 is 14.4 Å². The van der Waals surface area contributed by atoms with Crippen LogP contribution in [0.15, 0.2) is 66.2 Å². The van der Waals surface area contributed by atoms with E-state index in [1.807, 2.05) is 6.92 Å². The molecule has 1 fully saturated rings. The minimum atomic E-state index is -1.27. The summed E-state index contributed by atoms with van der Waals surface area (Å²) >= 11 is 12.2. The molecule has 1 heterocycles. The predicted octanol–water partition coefficient (Wildman–Crippen LogP) is 6.56. The number of carbonyl (C=O) groups excluding carboxylic acids is 2. The molecule has 3 aromatic rings. The molecule has 6 nitrogen and oxygen atoms in total. The van der Waals surface area contributed by atoms with Crippen molar-refractivity contribution in [2.24, 2.45) is 0 Å². The zero-order valence-corrected chi connectivity index (χ0v) is 20.9. The lowest BCUT2D eigenvalue weighted by Gasteiger charge is -2.26. The molecule has 1 N–H and O–H groups in total. The summed E-state index contributed by atoms with van der Waals surface area (Å²) in [7, 11) is 0. The number of hydrogen-bond acceptors (Lipinski definition) is 5. The Morgan fingerprint density at radius 2 is 1.69 bits per heavy atom. The molecule has 1 saturated heterocycles. The third kappa shape index (κ3) is 4.64. The molecule has 1 aliphatic heterocycles. The highest BCUT2D eigenvalue weighted by Crippen LogP contribution is 2.45. The molecule has 1 aliphatic rings. The summed E-state index contributed by atoms with van der Waals surface area (Å²) in [6.07, 6.45) is 0. The maximum Gasteiger partial charge on any atom is 0.300 e. The van der Waals surface area contributed by atoms with E-state index < -0.39 is 29.3 Å². The molecule has 186 valence electrons. The van der Waals surface area contributed by atoms with Gasteiger partial charge < -0.3 is 14.6 Å². The number of amides is 1. The number of ether oxygens (including phenoxy) is 2. The van der Waals surface area contributed by atoms with E-state index in [0.29, 0.717) is 12.4 Å². The second-order valence-corrected chi connectivity index (χ2v) is 8.63. The molecular formula is C27H22Cl2FNO5. The Labute approximate surface area is 217 Å². The monoisotopic (exact) mass is 529 g/mol. The van der Waals surface area contributed by atoms with Gasteiger partial charge in [-0.1, -0.05) is 41.4 Å². The summed E-state index contributed by atoms with van der Waals surface area (Å²) in [4.78, 5) is 27.7. The van der Waals surface area contributed by atoms with Crippen molar-refractivity contribution >= 4 is 46.3 Å². The van der Waals surface area contributed by atoms with Crippen LogP contribution in [0.25, 0.3) is 5.76 Å². The molecule has 0 aromatic heterocycles. The van der Waals surface area contributed by atoms with Gasteiger partial charge in [-0.3, -0.25) is 14.5 Å². The third-order valence-corrected chi connectivity index (χ3v) is 6.38. The second-order valence-electron chi connectivity index (χ2n) is 7.81. The maximum absolute atomic E-state index is 15.1. The van der Waals surface area contributed by atoms with Crippen LogP contribution in [0.1, 0.15) is 31.0 Å². The highest BCUT2D eigenvalue weighted by Gasteiger charge is 2.48. The Balaban J connectivity index is 1.97. The number of aliphatic hydroxyl groups excluding tert-OH is 1. The standard InChI is InChI=1S/C27H22Cl2FNO5/c1-3-35-16-10-11-18(22(14-16)36-4-2)25(32)23-24(17-7-5-6-8-21(17)30)31(27(34)26(23)33)15-9-12-19(28)20(29)13-15/h5-14,24,32H,3-4H2,1-2H3/b25-23+. The second kappa shape index (κ2) is 10.6. The molecule has 0 spiro atoms. The lowest BCUT2D eigenvalue weighted by Crippen LogP contribution is -2.29. The van der Waals surface area contributed by atoms with Gasteiger partial charge in [0.25, 0.3) is 11.7 Å². The average molecular weight is 530 g/mol. The Morgan fingerprint density at radius 3 is 2.36 bits per heavy atom. The minimum absolute atomic E-state index is 0.0215. The molecule has 1 atom stereocenters. The highest BCUT2D eigenvalue weighted by molar-refractivity contribution is 6.52. The molecule has 1 unspecified atom stereocenters. The highest BCUT2D eigenvalue weighted by atomic mass is 35.5. The van der Waals surface area contributed by atoms with Gasteiger partial charge >= 0.3 is 0 Å². The van der Waals surface area contributed by atoms with E-state index in [1.165, 1.54) is 42.5 Å². The number of halogens is 3. The van der Waals surface area contributed by atoms with Crippen molar-refractivity contribution in [2.75, 3.05) is 18.1 Å². The Hall–Kier alpha value is -3.55. The number of hydrogen-bond donors (Lipinski definition) is 1. The Bertz CT molecular complexity index is 1370. The number of rotatable bonds is 7. The van der Waals surface area contributed by atoms with Gasteiger partial charge in [0.05, 0.1) is 40.4 Å². The van der Waals surface area contributed by atoms with Crippen molar-refractivity contribution in [2.45, 2.75) is 19.9 Å². The lowest BCUT2D eigenvalue weighted by atomic mass is 9.94. The van der Waals surface area contributed by atoms with E-state index in [0.717, 1.165) is 4.90 Å². The number of ketones is 1. The molecular weight excluding hydrogens is 508 g/mol. The fourth-order valence-corrected chi connectivity index (χ4v) is 4.39. The van der Waals surface area contributed by atoms with Gasteiger partial charge in [-0.05, 0) is 50.2 Å². The first-order valence-corrected chi connectivity index (χ1v) is 11.9. The van der Waals surface area contributed by atoms with Gasteiger partial charge in [-0.25, -0.2) is 4.39 Å². The first-order chi connectivity index (χ1) is 17.3. The van der Waals surface area contributed by atoms with Crippen LogP contribution in [0.2, 0.25) is 10.0 Å². The number of benzene rings is 3. The lowest BCUT2D eigenvalue weighted by molar-refractivity contribution is -0.132. The molecule has 0 bridgehead atoms. The molecule has 1 amide bonds. The molecule has 0 radical (unpaired) electrons. The first kappa shape index (κ1) is 25.5. The summed E-state index contributed by atoms with van der Waals surface area (Å²) < 4.78 is 26.3. The summed E-state index contributed by atoms with van der Waals surface area (Å²) in [5, 5.41) is 11.8. The van der Waals surface area contributed by atoms with Gasteiger partial charge in [0.15, 0.2) is 0 Å². The maximum atomic E-state index is 15.1. The van der Waals surface area contributed by atoms with Crippen molar-refractivity contribution in [3.63, 3.8) is 0 Å². The average Bonchev–Trinajstić information content (AvgIpc) is 3.11. The van der Waals surface area contributed by atoms with E-state index in [4.69, 9.17) is 32.7 Å². The van der Waals surface area contributed by atoms with E-state index in [1.54, 1.807) is 25.1 Å². The van der Waals surface area contributed by atoms with E-state index in [2.05, 4.69) is 0 Å². The largest absolute Gasteiger partial charge is 0.507 e. The Kier molecular flexibility index (Phi) is 7.52. The van der Waals surface area contributed by atoms with Gasteiger partial charge in [0.1, 0.15) is 23.1 Å². The van der Waals surface area contributed by atoms with Crippen LogP contribution in [0.3, 0.4) is 0 Å². The zero-order valence-electron chi connectivity index (χ0n) is 19.4. The molecule has 4 rings (SSSR count). The third-order valence-electron chi connectivity index (χ3n) is 5.64. The van der Waals surface area contributed by atoms with E-state index in [-0.39, 0.29) is 44.8 Å². The molecule has 36 heavy (non-hydrogen) atoms. The van der Waals surface area contributed by atoms with Crippen molar-refractivity contribution in [1.82, 2.24) is 0 Å². The number of anilines is 1. The van der Waals surface area contributed by atoms with Crippen LogP contribution in [-0.2, 0) is 9.59 Å². The van der Waals surface area contributed by atoms with E-state index >= 15 is 4.39 Å². The van der Waals surface area contributed by atoms with Crippen LogP contribution >= 0.6 is 23.2 Å². The molecule has 0 saturated carbocycles. The van der Waals surface area contributed by atoms with Gasteiger partial charge in [-0.2, -0.15) is 0 Å². The number of Topliss-reactive ketones (excluding diaryl/α,β-unsaturated/α-hetero) is 1. The molecule has 9 heteroatoms. The van der Waals surface area contributed by atoms with Crippen LogP contribution in [0.4, 0.5) is 10.1 Å². The summed E-state index contributed by atoms with van der Waals surface area (Å²) in [5.74, 6) is -2.35. The smallest absolute Gasteiger partial charge is 0.300 e. The summed E-state index contributed by atoms with van der Waals surface area (Å²) in [5.41, 5.74) is 0.110. The first-order valence-electron chi connectivity index (χ1n) is 11.2. The van der Waals surface area contributed by atoms with Gasteiger partial charge in [0, 0.05) is 17.3 Å². The van der Waals surface area contributed by atoms with Gasteiger partial charge in [0.2, 0.25) is 0 Å². The van der Waals surface area contributed by atoms with Crippen molar-refractivity contribution in [1.29, 1.82) is 0 Å². The van der Waals surface area contributed by atoms with E-state index in [9.17, 15) is 14.7 Å². The number of carbonyl (C=O) groups is 2. The minimum Gasteiger partial charge on any atom is -0.507 e. The number of nitrogens with zero attached hydrogens (tertiary/aromatic N) is 1. The number of aliphatic hydroxyl groups is 1. The van der Waals surface area contributed by atoms with Crippen molar-refractivity contribution in [3.8, 4) is 11.5 Å². The van der Waals surface area contributed by atoms with Gasteiger partial charge in [-0.15, -0.1) is 0 Å². The molecule has 3 aromatic carbocycles. The topological polar surface area (TPSA) is 76.1 Å². The summed E-state index contributed by atoms with van der Waals surface area (Å²) in [6, 6.07) is 13.5. The van der Waals surface area contributed by atoms with Crippen molar-refractivity contribution in [3.05, 3.63) is 93.2 Å². The predicted molar refractivity (Wildman–Crippen MR) is 136 cm³/mol. The van der Waals surface area contributed by atoms with Crippen LogP contribution in [-0.4, -0.2) is 30.0 Å². The zero-order chi connectivity index (χ0) is 26.0. The summed E-state index contributed by atoms with van der Waals surface area (Å²) in [6.45, 7) is 4.27. The Morgan fingerprint density at radius 1 is 0.972 bits per heavy atom.